The number of hydrogen-bond donors (Lipinski definition) is 1. The molecule has 1 aliphatic heterocycles. The molecule has 1 aromatic heterocycles. The molecule has 1 saturated heterocycles. The van der Waals surface area contributed by atoms with Crippen LogP contribution in [0.2, 0.25) is 0 Å². The molecule has 102 valence electrons. The molecule has 0 spiro atoms. The van der Waals surface area contributed by atoms with Crippen LogP contribution in [0.25, 0.3) is 0 Å². The summed E-state index contributed by atoms with van der Waals surface area (Å²) in [6.07, 6.45) is 6.61. The Kier molecular flexibility index (Phi) is 5.01. The molecule has 4 heteroatoms. The van der Waals surface area contributed by atoms with E-state index in [0.29, 0.717) is 12.1 Å². The van der Waals surface area contributed by atoms with Crippen LogP contribution >= 0.6 is 11.3 Å². The first-order chi connectivity index (χ1) is 8.76. The van der Waals surface area contributed by atoms with Crippen molar-refractivity contribution in [2.75, 3.05) is 18.5 Å². The Morgan fingerprint density at radius 2 is 2.39 bits per heavy atom. The maximum absolute atomic E-state index is 4.82. The monoisotopic (exact) mass is 267 g/mol. The molecule has 0 saturated carbocycles. The number of rotatable bonds is 5. The lowest BCUT2D eigenvalue weighted by molar-refractivity contribution is 0.434. The van der Waals surface area contributed by atoms with E-state index in [0.717, 1.165) is 0 Å². The highest BCUT2D eigenvalue weighted by atomic mass is 32.1. The number of aromatic nitrogens is 1. The summed E-state index contributed by atoms with van der Waals surface area (Å²) in [6, 6.07) is 1.07. The summed E-state index contributed by atoms with van der Waals surface area (Å²) in [6.45, 7) is 5.63. The Morgan fingerprint density at radius 3 is 3.11 bits per heavy atom. The van der Waals surface area contributed by atoms with Crippen LogP contribution in [0, 0.1) is 0 Å². The number of hydrogen-bond acceptors (Lipinski definition) is 4. The third-order valence-corrected chi connectivity index (χ3v) is 4.78. The molecule has 1 N–H and O–H groups in total. The molecule has 0 bridgehead atoms. The molecule has 1 aromatic rings. The van der Waals surface area contributed by atoms with E-state index in [2.05, 4.69) is 29.4 Å². The topological polar surface area (TPSA) is 28.2 Å². The Labute approximate surface area is 115 Å². The van der Waals surface area contributed by atoms with Gasteiger partial charge in [0.05, 0.1) is 5.69 Å². The van der Waals surface area contributed by atoms with Crippen LogP contribution in [0.4, 0.5) is 5.13 Å². The van der Waals surface area contributed by atoms with Gasteiger partial charge in [0.15, 0.2) is 5.13 Å². The number of piperidine rings is 1. The molecule has 1 aliphatic rings. The van der Waals surface area contributed by atoms with E-state index >= 15 is 0 Å². The van der Waals surface area contributed by atoms with Crippen molar-refractivity contribution in [3.8, 4) is 0 Å². The van der Waals surface area contributed by atoms with Crippen molar-refractivity contribution in [1.82, 2.24) is 10.3 Å². The summed E-state index contributed by atoms with van der Waals surface area (Å²) in [5, 5.41) is 6.69. The predicted octanol–water partition coefficient (Wildman–Crippen LogP) is 3.58. The van der Waals surface area contributed by atoms with Gasteiger partial charge in [-0.2, -0.15) is 0 Å². The predicted molar refractivity (Wildman–Crippen MR) is 79.5 cm³/mol. The van der Waals surface area contributed by atoms with Crippen molar-refractivity contribution >= 4 is 16.5 Å². The molecule has 2 unspecified atom stereocenters. The van der Waals surface area contributed by atoms with Crippen molar-refractivity contribution in [3.63, 3.8) is 0 Å². The first kappa shape index (κ1) is 13.8. The summed E-state index contributed by atoms with van der Waals surface area (Å²) in [7, 11) is 1.99. The summed E-state index contributed by atoms with van der Waals surface area (Å²) < 4.78 is 0. The van der Waals surface area contributed by atoms with E-state index < -0.39 is 0 Å². The van der Waals surface area contributed by atoms with Gasteiger partial charge >= 0.3 is 0 Å². The highest BCUT2D eigenvalue weighted by Gasteiger charge is 2.24. The third-order valence-electron chi connectivity index (χ3n) is 3.88. The van der Waals surface area contributed by atoms with Crippen LogP contribution in [-0.2, 0) is 0 Å². The van der Waals surface area contributed by atoms with Crippen molar-refractivity contribution < 1.29 is 0 Å². The fourth-order valence-corrected chi connectivity index (χ4v) is 3.66. The van der Waals surface area contributed by atoms with Crippen LogP contribution in [0.5, 0.6) is 0 Å². The summed E-state index contributed by atoms with van der Waals surface area (Å²) in [5.74, 6) is 0. The van der Waals surface area contributed by atoms with Gasteiger partial charge < -0.3 is 10.2 Å². The molecule has 18 heavy (non-hydrogen) atoms. The van der Waals surface area contributed by atoms with Gasteiger partial charge in [-0.15, -0.1) is 11.3 Å². The van der Waals surface area contributed by atoms with E-state index in [1.54, 1.807) is 11.3 Å². The summed E-state index contributed by atoms with van der Waals surface area (Å²) >= 11 is 1.80. The van der Waals surface area contributed by atoms with E-state index in [9.17, 15) is 0 Å². The minimum atomic E-state index is 0.351. The quantitative estimate of drug-likeness (QED) is 0.884. The Hall–Kier alpha value is -0.610. The highest BCUT2D eigenvalue weighted by Crippen LogP contribution is 2.31. The van der Waals surface area contributed by atoms with Crippen LogP contribution in [0.15, 0.2) is 5.38 Å². The molecular formula is C14H25N3S. The zero-order valence-electron chi connectivity index (χ0n) is 11.8. The van der Waals surface area contributed by atoms with Gasteiger partial charge in [0.2, 0.25) is 0 Å². The van der Waals surface area contributed by atoms with Gasteiger partial charge in [-0.05, 0) is 39.7 Å². The fourth-order valence-electron chi connectivity index (χ4n) is 2.64. The Morgan fingerprint density at radius 1 is 1.56 bits per heavy atom. The van der Waals surface area contributed by atoms with Gasteiger partial charge in [-0.1, -0.05) is 13.3 Å². The Balaban J connectivity index is 2.10. The second-order valence-corrected chi connectivity index (χ2v) is 6.03. The normalized spacial score (nSPS) is 22.2. The van der Waals surface area contributed by atoms with Crippen LogP contribution in [0.1, 0.15) is 57.7 Å². The Bertz CT molecular complexity index is 362. The third kappa shape index (κ3) is 3.04. The molecule has 0 radical (unpaired) electrons. The lowest BCUT2D eigenvalue weighted by Gasteiger charge is -2.35. The minimum Gasteiger partial charge on any atom is -0.345 e. The molecule has 0 aromatic carbocycles. The largest absolute Gasteiger partial charge is 0.345 e. The molecule has 0 aliphatic carbocycles. The highest BCUT2D eigenvalue weighted by molar-refractivity contribution is 7.13. The number of nitrogens with one attached hydrogen (secondary N) is 1. The fraction of sp³-hybridized carbons (Fsp3) is 0.786. The van der Waals surface area contributed by atoms with Crippen molar-refractivity contribution in [3.05, 3.63) is 11.1 Å². The second-order valence-electron chi connectivity index (χ2n) is 5.20. The average Bonchev–Trinajstić information content (AvgIpc) is 2.88. The summed E-state index contributed by atoms with van der Waals surface area (Å²) in [4.78, 5) is 7.36. The van der Waals surface area contributed by atoms with E-state index in [1.807, 2.05) is 7.05 Å². The minimum absolute atomic E-state index is 0.351. The van der Waals surface area contributed by atoms with Crippen LogP contribution in [0.3, 0.4) is 0 Å². The lowest BCUT2D eigenvalue weighted by Crippen LogP contribution is -2.39. The molecule has 1 fully saturated rings. The van der Waals surface area contributed by atoms with E-state index in [-0.39, 0.29) is 0 Å². The number of thiazole rings is 1. The molecule has 0 amide bonds. The lowest BCUT2D eigenvalue weighted by atomic mass is 9.99. The van der Waals surface area contributed by atoms with Crippen LogP contribution < -0.4 is 10.2 Å². The van der Waals surface area contributed by atoms with Gasteiger partial charge in [-0.25, -0.2) is 4.98 Å². The van der Waals surface area contributed by atoms with Crippen LogP contribution in [-0.4, -0.2) is 24.6 Å². The average molecular weight is 267 g/mol. The molecule has 3 nitrogen and oxygen atoms in total. The SMILES string of the molecule is CCCC1CCCCN1c1nc(C(C)NC)cs1. The van der Waals surface area contributed by atoms with E-state index in [1.165, 1.54) is 49.5 Å². The standard InChI is InChI=1S/C14H25N3S/c1-4-7-12-8-5-6-9-17(12)14-16-13(10-18-14)11(2)15-3/h10-12,15H,4-9H2,1-3H3. The number of anilines is 1. The maximum Gasteiger partial charge on any atom is 0.185 e. The van der Waals surface area contributed by atoms with E-state index in [4.69, 9.17) is 4.98 Å². The van der Waals surface area contributed by atoms with Gasteiger partial charge in [-0.3, -0.25) is 0 Å². The molecule has 2 rings (SSSR count). The van der Waals surface area contributed by atoms with Crippen molar-refractivity contribution in [2.45, 2.75) is 58.0 Å². The molecule has 2 heterocycles. The second kappa shape index (κ2) is 6.53. The van der Waals surface area contributed by atoms with Gasteiger partial charge in [0, 0.05) is 24.0 Å². The first-order valence-electron chi connectivity index (χ1n) is 7.15. The maximum atomic E-state index is 4.82. The van der Waals surface area contributed by atoms with Gasteiger partial charge in [0.25, 0.3) is 0 Å². The zero-order chi connectivity index (χ0) is 13.0. The van der Waals surface area contributed by atoms with Crippen molar-refractivity contribution in [1.29, 1.82) is 0 Å². The van der Waals surface area contributed by atoms with Gasteiger partial charge in [0.1, 0.15) is 0 Å². The summed E-state index contributed by atoms with van der Waals surface area (Å²) in [5.41, 5.74) is 1.18. The first-order valence-corrected chi connectivity index (χ1v) is 8.03. The zero-order valence-corrected chi connectivity index (χ0v) is 12.6. The molecular weight excluding hydrogens is 242 g/mol. The van der Waals surface area contributed by atoms with Crippen molar-refractivity contribution in [2.24, 2.45) is 0 Å². The molecule has 2 atom stereocenters. The smallest absolute Gasteiger partial charge is 0.185 e. The number of nitrogens with zero attached hydrogens (tertiary/aromatic N) is 2.